The maximum Gasteiger partial charge on any atom is 0.358 e. The van der Waals surface area contributed by atoms with E-state index in [9.17, 15) is 13.2 Å². The molecule has 29 heavy (non-hydrogen) atoms. The lowest BCUT2D eigenvalue weighted by atomic mass is 10.1. The predicted octanol–water partition coefficient (Wildman–Crippen LogP) is 3.27. The smallest absolute Gasteiger partial charge is 0.358 e. The Kier molecular flexibility index (Phi) is 5.48. The zero-order chi connectivity index (χ0) is 20.6. The summed E-state index contributed by atoms with van der Waals surface area (Å²) in [5.74, 6) is 0.0485. The second kappa shape index (κ2) is 7.91. The molecule has 8 heteroatoms. The van der Waals surface area contributed by atoms with E-state index >= 15 is 0 Å². The van der Waals surface area contributed by atoms with E-state index in [2.05, 4.69) is 5.10 Å². The molecule has 2 aliphatic rings. The van der Waals surface area contributed by atoms with E-state index in [-0.39, 0.29) is 6.04 Å². The number of aryl methyl sites for hydroxylation is 1. The number of hydrogen-bond donors (Lipinski definition) is 0. The van der Waals surface area contributed by atoms with Crippen LogP contribution in [0, 0.1) is 6.92 Å². The summed E-state index contributed by atoms with van der Waals surface area (Å²) < 4.78 is 34.6. The van der Waals surface area contributed by atoms with Gasteiger partial charge < -0.3 is 4.74 Å². The molecule has 0 N–H and O–H groups in total. The second-order valence-electron chi connectivity index (χ2n) is 7.85. The summed E-state index contributed by atoms with van der Waals surface area (Å²) in [6, 6.07) is 8.98. The van der Waals surface area contributed by atoms with Gasteiger partial charge in [0.1, 0.15) is 0 Å². The molecule has 1 aliphatic heterocycles. The first-order valence-corrected chi connectivity index (χ1v) is 11.7. The van der Waals surface area contributed by atoms with Crippen molar-refractivity contribution in [2.24, 2.45) is 0 Å². The Morgan fingerprint density at radius 2 is 1.90 bits per heavy atom. The average molecular weight is 418 g/mol. The molecule has 1 aliphatic carbocycles. The number of hydrogen-bond acceptors (Lipinski definition) is 5. The Labute approximate surface area is 171 Å². The molecule has 0 radical (unpaired) electrons. The van der Waals surface area contributed by atoms with Crippen molar-refractivity contribution in [2.45, 2.75) is 56.4 Å². The molecule has 2 heterocycles. The molecule has 0 amide bonds. The Hall–Kier alpha value is -2.19. The van der Waals surface area contributed by atoms with Gasteiger partial charge in [0.2, 0.25) is 10.0 Å². The van der Waals surface area contributed by atoms with Crippen molar-refractivity contribution in [1.82, 2.24) is 14.1 Å². The molecule has 1 aromatic carbocycles. The standard InChI is InChI=1S/C21H27N3O4S/c1-3-28-21(25)19-14-20(16-7-8-16)24(22-19)17-9-11-23(12-10-17)29(26,27)18-6-4-5-15(2)13-18/h4-6,13-14,16-17H,3,7-12H2,1-2H3. The molecule has 1 saturated carbocycles. The lowest BCUT2D eigenvalue weighted by Crippen LogP contribution is -2.39. The van der Waals surface area contributed by atoms with Crippen LogP contribution < -0.4 is 0 Å². The Balaban J connectivity index is 1.50. The monoisotopic (exact) mass is 417 g/mol. The van der Waals surface area contributed by atoms with Crippen LogP contribution in [0.2, 0.25) is 0 Å². The Morgan fingerprint density at radius 1 is 1.17 bits per heavy atom. The van der Waals surface area contributed by atoms with E-state index < -0.39 is 16.0 Å². The van der Waals surface area contributed by atoms with Crippen LogP contribution in [0.25, 0.3) is 0 Å². The number of rotatable bonds is 6. The molecule has 156 valence electrons. The highest BCUT2D eigenvalue weighted by Crippen LogP contribution is 2.42. The van der Waals surface area contributed by atoms with E-state index in [1.54, 1.807) is 29.4 Å². The number of carbonyl (C=O) groups excluding carboxylic acids is 1. The van der Waals surface area contributed by atoms with Gasteiger partial charge in [-0.05, 0) is 63.3 Å². The van der Waals surface area contributed by atoms with Gasteiger partial charge in [-0.15, -0.1) is 0 Å². The van der Waals surface area contributed by atoms with Crippen LogP contribution >= 0.6 is 0 Å². The Bertz CT molecular complexity index is 1000. The van der Waals surface area contributed by atoms with Crippen molar-refractivity contribution in [2.75, 3.05) is 19.7 Å². The number of sulfonamides is 1. The van der Waals surface area contributed by atoms with Crippen LogP contribution in [0.15, 0.2) is 35.2 Å². The van der Waals surface area contributed by atoms with Crippen molar-refractivity contribution in [3.63, 3.8) is 0 Å². The van der Waals surface area contributed by atoms with Gasteiger partial charge in [0.15, 0.2) is 5.69 Å². The lowest BCUT2D eigenvalue weighted by molar-refractivity contribution is 0.0517. The average Bonchev–Trinajstić information content (AvgIpc) is 3.46. The quantitative estimate of drug-likeness (QED) is 0.674. The normalized spacial score (nSPS) is 18.7. The summed E-state index contributed by atoms with van der Waals surface area (Å²) in [6.07, 6.45) is 3.56. The van der Waals surface area contributed by atoms with Gasteiger partial charge in [-0.3, -0.25) is 4.68 Å². The molecule has 1 saturated heterocycles. The van der Waals surface area contributed by atoms with Crippen molar-refractivity contribution >= 4 is 16.0 Å². The molecule has 2 fully saturated rings. The maximum absolute atomic E-state index is 13.0. The van der Waals surface area contributed by atoms with Crippen molar-refractivity contribution < 1.29 is 17.9 Å². The van der Waals surface area contributed by atoms with Gasteiger partial charge in [0.05, 0.1) is 17.5 Å². The van der Waals surface area contributed by atoms with Gasteiger partial charge in [0.25, 0.3) is 0 Å². The first kappa shape index (κ1) is 20.1. The van der Waals surface area contributed by atoms with Gasteiger partial charge >= 0.3 is 5.97 Å². The van der Waals surface area contributed by atoms with Crippen molar-refractivity contribution in [1.29, 1.82) is 0 Å². The molecule has 0 bridgehead atoms. The van der Waals surface area contributed by atoms with Crippen molar-refractivity contribution in [3.8, 4) is 0 Å². The Morgan fingerprint density at radius 3 is 2.52 bits per heavy atom. The van der Waals surface area contributed by atoms with E-state index in [1.807, 2.05) is 23.7 Å². The minimum Gasteiger partial charge on any atom is -0.461 e. The molecular weight excluding hydrogens is 390 g/mol. The van der Waals surface area contributed by atoms with Crippen LogP contribution in [0.5, 0.6) is 0 Å². The van der Waals surface area contributed by atoms with Gasteiger partial charge in [0, 0.05) is 24.7 Å². The zero-order valence-electron chi connectivity index (χ0n) is 16.9. The van der Waals surface area contributed by atoms with Crippen LogP contribution in [0.3, 0.4) is 0 Å². The number of aromatic nitrogens is 2. The molecule has 0 unspecified atom stereocenters. The number of esters is 1. The van der Waals surface area contributed by atoms with Crippen LogP contribution in [-0.2, 0) is 14.8 Å². The van der Waals surface area contributed by atoms with Crippen LogP contribution in [0.4, 0.5) is 0 Å². The number of nitrogens with zero attached hydrogens (tertiary/aromatic N) is 3. The summed E-state index contributed by atoms with van der Waals surface area (Å²) in [7, 11) is -3.49. The van der Waals surface area contributed by atoms with Gasteiger partial charge in [-0.25, -0.2) is 13.2 Å². The molecule has 1 aromatic heterocycles. The summed E-state index contributed by atoms with van der Waals surface area (Å²) in [5, 5.41) is 4.54. The third-order valence-electron chi connectivity index (χ3n) is 5.64. The highest BCUT2D eigenvalue weighted by molar-refractivity contribution is 7.89. The van der Waals surface area contributed by atoms with Gasteiger partial charge in [-0.1, -0.05) is 12.1 Å². The highest BCUT2D eigenvalue weighted by Gasteiger charge is 2.35. The minimum absolute atomic E-state index is 0.0951. The molecule has 7 nitrogen and oxygen atoms in total. The largest absolute Gasteiger partial charge is 0.461 e. The molecule has 2 aromatic rings. The molecule has 0 spiro atoms. The SMILES string of the molecule is CCOC(=O)c1cc(C2CC2)n(C2CCN(S(=O)(=O)c3cccc(C)c3)CC2)n1. The third kappa shape index (κ3) is 4.09. The first-order chi connectivity index (χ1) is 13.9. The summed E-state index contributed by atoms with van der Waals surface area (Å²) >= 11 is 0. The topological polar surface area (TPSA) is 81.5 Å². The van der Waals surface area contributed by atoms with E-state index in [4.69, 9.17) is 4.74 Å². The summed E-state index contributed by atoms with van der Waals surface area (Å²) in [6.45, 7) is 4.88. The zero-order valence-corrected chi connectivity index (χ0v) is 17.7. The van der Waals surface area contributed by atoms with E-state index in [0.717, 1.165) is 24.1 Å². The second-order valence-corrected chi connectivity index (χ2v) is 9.78. The summed E-state index contributed by atoms with van der Waals surface area (Å²) in [5.41, 5.74) is 2.36. The fourth-order valence-electron chi connectivity index (χ4n) is 3.94. The maximum atomic E-state index is 13.0. The van der Waals surface area contributed by atoms with Crippen LogP contribution in [-0.4, -0.2) is 48.2 Å². The number of carbonyl (C=O) groups is 1. The highest BCUT2D eigenvalue weighted by atomic mass is 32.2. The minimum atomic E-state index is -3.49. The van der Waals surface area contributed by atoms with Gasteiger partial charge in [-0.2, -0.15) is 9.40 Å². The van der Waals surface area contributed by atoms with Crippen molar-refractivity contribution in [3.05, 3.63) is 47.3 Å². The van der Waals surface area contributed by atoms with E-state index in [1.165, 1.54) is 0 Å². The first-order valence-electron chi connectivity index (χ1n) is 10.2. The molecule has 4 rings (SSSR count). The summed E-state index contributed by atoms with van der Waals surface area (Å²) in [4.78, 5) is 12.5. The van der Waals surface area contributed by atoms with Crippen LogP contribution in [0.1, 0.15) is 66.3 Å². The predicted molar refractivity (Wildman–Crippen MR) is 108 cm³/mol. The number of benzene rings is 1. The number of ether oxygens (including phenoxy) is 1. The fraction of sp³-hybridized carbons (Fsp3) is 0.524. The number of piperidine rings is 1. The molecular formula is C21H27N3O4S. The third-order valence-corrected chi connectivity index (χ3v) is 7.54. The fourth-order valence-corrected chi connectivity index (χ4v) is 5.52. The molecule has 0 atom stereocenters. The van der Waals surface area contributed by atoms with E-state index in [0.29, 0.717) is 49.0 Å². The lowest BCUT2D eigenvalue weighted by Gasteiger charge is -2.32.